The summed E-state index contributed by atoms with van der Waals surface area (Å²) < 4.78 is 12.9. The Morgan fingerprint density at radius 2 is 1.62 bits per heavy atom. The van der Waals surface area contributed by atoms with E-state index in [9.17, 15) is 9.18 Å². The molecule has 148 valence electrons. The molecule has 3 aromatic rings. The maximum Gasteiger partial charge on any atom is 0.272 e. The molecule has 0 radical (unpaired) electrons. The minimum Gasteiger partial charge on any atom is -0.353 e. The summed E-state index contributed by atoms with van der Waals surface area (Å²) in [6, 6.07) is 15.4. The molecule has 0 aliphatic carbocycles. The van der Waals surface area contributed by atoms with Crippen LogP contribution in [0.1, 0.15) is 16.1 Å². The zero-order chi connectivity index (χ0) is 20.1. The monoisotopic (exact) mass is 392 g/mol. The van der Waals surface area contributed by atoms with Crippen LogP contribution in [0.2, 0.25) is 0 Å². The van der Waals surface area contributed by atoms with Gasteiger partial charge < -0.3 is 15.1 Å². The van der Waals surface area contributed by atoms with Crippen molar-refractivity contribution in [1.29, 1.82) is 0 Å². The van der Waals surface area contributed by atoms with Crippen LogP contribution in [0, 0.1) is 5.82 Å². The van der Waals surface area contributed by atoms with E-state index in [1.54, 1.807) is 24.4 Å². The van der Waals surface area contributed by atoms with Crippen molar-refractivity contribution in [3.63, 3.8) is 0 Å². The Bertz CT molecular complexity index is 941. The molecule has 1 aromatic carbocycles. The SMILES string of the molecule is O=C(NCc1ccc(F)cc1)c1ccc(N2CCN(c3ccccn3)CC2)nn1. The Kier molecular flexibility index (Phi) is 5.60. The number of nitrogens with one attached hydrogen (secondary N) is 1. The van der Waals surface area contributed by atoms with Crippen LogP contribution >= 0.6 is 0 Å². The predicted molar refractivity (Wildman–Crippen MR) is 108 cm³/mol. The first-order valence-corrected chi connectivity index (χ1v) is 9.46. The largest absolute Gasteiger partial charge is 0.353 e. The van der Waals surface area contributed by atoms with Gasteiger partial charge in [-0.3, -0.25) is 4.79 Å². The fourth-order valence-electron chi connectivity index (χ4n) is 3.20. The van der Waals surface area contributed by atoms with Gasteiger partial charge in [-0.25, -0.2) is 9.37 Å². The predicted octanol–water partition coefficient (Wildman–Crippen LogP) is 2.27. The van der Waals surface area contributed by atoms with Crippen LogP contribution in [0.5, 0.6) is 0 Å². The number of nitrogens with zero attached hydrogens (tertiary/aromatic N) is 5. The van der Waals surface area contributed by atoms with Crippen LogP contribution in [-0.4, -0.2) is 47.3 Å². The van der Waals surface area contributed by atoms with Gasteiger partial charge in [0.15, 0.2) is 11.5 Å². The van der Waals surface area contributed by atoms with E-state index in [0.717, 1.165) is 43.4 Å². The van der Waals surface area contributed by atoms with E-state index in [4.69, 9.17) is 0 Å². The highest BCUT2D eigenvalue weighted by Crippen LogP contribution is 2.16. The molecule has 0 bridgehead atoms. The van der Waals surface area contributed by atoms with Crippen LogP contribution < -0.4 is 15.1 Å². The first-order chi connectivity index (χ1) is 14.2. The van der Waals surface area contributed by atoms with Gasteiger partial charge in [-0.1, -0.05) is 18.2 Å². The summed E-state index contributed by atoms with van der Waals surface area (Å²) in [5.41, 5.74) is 1.07. The van der Waals surface area contributed by atoms with E-state index >= 15 is 0 Å². The van der Waals surface area contributed by atoms with Gasteiger partial charge in [0.2, 0.25) is 0 Å². The normalized spacial score (nSPS) is 14.0. The minimum atomic E-state index is -0.312. The molecule has 8 heteroatoms. The second-order valence-electron chi connectivity index (χ2n) is 6.75. The van der Waals surface area contributed by atoms with E-state index < -0.39 is 0 Å². The molecule has 0 atom stereocenters. The smallest absolute Gasteiger partial charge is 0.272 e. The summed E-state index contributed by atoms with van der Waals surface area (Å²) in [4.78, 5) is 21.0. The molecule has 1 aliphatic heterocycles. The van der Waals surface area contributed by atoms with E-state index in [1.807, 2.05) is 24.3 Å². The number of carbonyl (C=O) groups excluding carboxylic acids is 1. The molecule has 0 unspecified atom stereocenters. The standard InChI is InChI=1S/C21H21FN6O/c22-17-6-4-16(5-7-17)15-24-21(29)18-8-9-20(26-25-18)28-13-11-27(12-14-28)19-3-1-2-10-23-19/h1-10H,11-15H2,(H,24,29). The molecule has 4 rings (SSSR count). The topological polar surface area (TPSA) is 74.2 Å². The number of halogens is 1. The molecule has 2 aromatic heterocycles. The molecular weight excluding hydrogens is 371 g/mol. The fourth-order valence-corrected chi connectivity index (χ4v) is 3.20. The maximum atomic E-state index is 12.9. The van der Waals surface area contributed by atoms with E-state index in [-0.39, 0.29) is 17.4 Å². The van der Waals surface area contributed by atoms with Crippen LogP contribution in [0.25, 0.3) is 0 Å². The third-order valence-corrected chi connectivity index (χ3v) is 4.83. The lowest BCUT2D eigenvalue weighted by molar-refractivity contribution is 0.0945. The Labute approximate surface area is 168 Å². The van der Waals surface area contributed by atoms with Crippen molar-refractivity contribution in [1.82, 2.24) is 20.5 Å². The van der Waals surface area contributed by atoms with E-state index in [2.05, 4.69) is 30.3 Å². The number of anilines is 2. The molecule has 29 heavy (non-hydrogen) atoms. The Hall–Kier alpha value is -3.55. The van der Waals surface area contributed by atoms with Gasteiger partial charge in [0.25, 0.3) is 5.91 Å². The van der Waals surface area contributed by atoms with Crippen molar-refractivity contribution in [3.8, 4) is 0 Å². The van der Waals surface area contributed by atoms with Crippen molar-refractivity contribution in [3.05, 3.63) is 77.9 Å². The van der Waals surface area contributed by atoms with Crippen molar-refractivity contribution < 1.29 is 9.18 Å². The summed E-state index contributed by atoms with van der Waals surface area (Å²) in [7, 11) is 0. The molecule has 0 spiro atoms. The number of carbonyl (C=O) groups is 1. The second-order valence-corrected chi connectivity index (χ2v) is 6.75. The quantitative estimate of drug-likeness (QED) is 0.718. The number of amides is 1. The number of hydrogen-bond acceptors (Lipinski definition) is 6. The van der Waals surface area contributed by atoms with Gasteiger partial charge >= 0.3 is 0 Å². The van der Waals surface area contributed by atoms with Crippen molar-refractivity contribution in [2.24, 2.45) is 0 Å². The van der Waals surface area contributed by atoms with Crippen LogP contribution in [0.4, 0.5) is 16.0 Å². The Balaban J connectivity index is 1.31. The molecule has 1 aliphatic rings. The van der Waals surface area contributed by atoms with Crippen LogP contribution in [0.15, 0.2) is 60.8 Å². The summed E-state index contributed by atoms with van der Waals surface area (Å²) in [6.07, 6.45) is 1.80. The van der Waals surface area contributed by atoms with Gasteiger partial charge in [0, 0.05) is 38.9 Å². The number of piperazine rings is 1. The third-order valence-electron chi connectivity index (χ3n) is 4.83. The highest BCUT2D eigenvalue weighted by atomic mass is 19.1. The van der Waals surface area contributed by atoms with Crippen LogP contribution in [0.3, 0.4) is 0 Å². The van der Waals surface area contributed by atoms with Crippen molar-refractivity contribution in [2.45, 2.75) is 6.54 Å². The number of benzene rings is 1. The van der Waals surface area contributed by atoms with E-state index in [0.29, 0.717) is 6.54 Å². The van der Waals surface area contributed by atoms with Crippen molar-refractivity contribution in [2.75, 3.05) is 36.0 Å². The average molecular weight is 392 g/mol. The summed E-state index contributed by atoms with van der Waals surface area (Å²) in [6.45, 7) is 3.61. The Morgan fingerprint density at radius 3 is 2.24 bits per heavy atom. The van der Waals surface area contributed by atoms with Crippen molar-refractivity contribution >= 4 is 17.5 Å². The number of aromatic nitrogens is 3. The Morgan fingerprint density at radius 1 is 0.897 bits per heavy atom. The number of hydrogen-bond donors (Lipinski definition) is 1. The highest BCUT2D eigenvalue weighted by molar-refractivity contribution is 5.92. The summed E-state index contributed by atoms with van der Waals surface area (Å²) in [5, 5.41) is 11.1. The zero-order valence-electron chi connectivity index (χ0n) is 15.8. The fraction of sp³-hybridized carbons (Fsp3) is 0.238. The van der Waals surface area contributed by atoms with Gasteiger partial charge in [0.1, 0.15) is 11.6 Å². The second kappa shape index (κ2) is 8.64. The van der Waals surface area contributed by atoms with Crippen LogP contribution in [-0.2, 0) is 6.54 Å². The zero-order valence-corrected chi connectivity index (χ0v) is 15.8. The number of pyridine rings is 1. The minimum absolute atomic E-state index is 0.253. The van der Waals surface area contributed by atoms with Gasteiger partial charge in [-0.05, 0) is 42.0 Å². The maximum absolute atomic E-state index is 12.9. The number of rotatable bonds is 5. The van der Waals surface area contributed by atoms with Gasteiger partial charge in [0.05, 0.1) is 0 Å². The highest BCUT2D eigenvalue weighted by Gasteiger charge is 2.19. The first kappa shape index (κ1) is 18.8. The molecule has 0 saturated carbocycles. The molecule has 1 amide bonds. The molecular formula is C21H21FN6O. The lowest BCUT2D eigenvalue weighted by Crippen LogP contribution is -2.47. The lowest BCUT2D eigenvalue weighted by Gasteiger charge is -2.35. The molecule has 3 heterocycles. The van der Waals surface area contributed by atoms with E-state index in [1.165, 1.54) is 12.1 Å². The molecule has 1 saturated heterocycles. The molecule has 7 nitrogen and oxygen atoms in total. The molecule has 1 fully saturated rings. The third kappa shape index (κ3) is 4.66. The van der Waals surface area contributed by atoms with Gasteiger partial charge in [-0.15, -0.1) is 10.2 Å². The average Bonchev–Trinajstić information content (AvgIpc) is 2.79. The van der Waals surface area contributed by atoms with Gasteiger partial charge in [-0.2, -0.15) is 0 Å². The summed E-state index contributed by atoms with van der Waals surface area (Å²) >= 11 is 0. The molecule has 1 N–H and O–H groups in total. The summed E-state index contributed by atoms with van der Waals surface area (Å²) in [5.74, 6) is 1.11. The lowest BCUT2D eigenvalue weighted by atomic mass is 10.2. The first-order valence-electron chi connectivity index (χ1n) is 9.46.